The molecule has 1 aliphatic rings. The van der Waals surface area contributed by atoms with Crippen molar-refractivity contribution in [3.8, 4) is 0 Å². The second-order valence-electron chi connectivity index (χ2n) is 8.12. The molecule has 1 aliphatic carbocycles. The fraction of sp³-hybridized carbons (Fsp3) is 0.318. The third kappa shape index (κ3) is 4.99. The lowest BCUT2D eigenvalue weighted by Gasteiger charge is -2.26. The number of ketones is 1. The highest BCUT2D eigenvalue weighted by molar-refractivity contribution is 7.18. The SMILES string of the molecule is C[C@H](C(N)=O)N(c1ccc(F)c(F)c1)c1nc(N)c(C(=O)c2cc(C(=O)NC3CCCC3)no2)s1. The van der Waals surface area contributed by atoms with Crippen LogP contribution in [0.2, 0.25) is 0 Å². The van der Waals surface area contributed by atoms with Crippen molar-refractivity contribution in [2.24, 2.45) is 5.73 Å². The van der Waals surface area contributed by atoms with E-state index in [0.29, 0.717) is 0 Å². The fourth-order valence-electron chi connectivity index (χ4n) is 3.78. The van der Waals surface area contributed by atoms with Gasteiger partial charge in [-0.3, -0.25) is 14.4 Å². The Morgan fingerprint density at radius 2 is 1.91 bits per heavy atom. The summed E-state index contributed by atoms with van der Waals surface area (Å²) >= 11 is 0.793. The van der Waals surface area contributed by atoms with Crippen LogP contribution in [0.25, 0.3) is 0 Å². The zero-order valence-corrected chi connectivity index (χ0v) is 19.4. The summed E-state index contributed by atoms with van der Waals surface area (Å²) < 4.78 is 32.4. The van der Waals surface area contributed by atoms with Crippen LogP contribution in [0.4, 0.5) is 25.4 Å². The highest BCUT2D eigenvalue weighted by Gasteiger charge is 2.30. The van der Waals surface area contributed by atoms with E-state index in [4.69, 9.17) is 16.0 Å². The minimum atomic E-state index is -1.14. The Balaban J connectivity index is 1.61. The predicted octanol–water partition coefficient (Wildman–Crippen LogP) is 2.91. The van der Waals surface area contributed by atoms with Crippen LogP contribution < -0.4 is 21.7 Å². The number of anilines is 3. The smallest absolute Gasteiger partial charge is 0.273 e. The van der Waals surface area contributed by atoms with Crippen molar-refractivity contribution in [2.75, 3.05) is 10.6 Å². The first-order chi connectivity index (χ1) is 16.7. The van der Waals surface area contributed by atoms with E-state index in [1.807, 2.05) is 0 Å². The molecular weight excluding hydrogens is 482 g/mol. The maximum Gasteiger partial charge on any atom is 0.273 e. The molecule has 0 radical (unpaired) electrons. The molecule has 0 unspecified atom stereocenters. The van der Waals surface area contributed by atoms with Gasteiger partial charge >= 0.3 is 0 Å². The van der Waals surface area contributed by atoms with Gasteiger partial charge in [0.25, 0.3) is 5.91 Å². The van der Waals surface area contributed by atoms with Gasteiger partial charge in [-0.1, -0.05) is 29.3 Å². The summed E-state index contributed by atoms with van der Waals surface area (Å²) in [6, 6.07) is 3.24. The van der Waals surface area contributed by atoms with E-state index in [-0.39, 0.29) is 39.0 Å². The van der Waals surface area contributed by atoms with Crippen LogP contribution in [0.1, 0.15) is 58.5 Å². The number of thiazole rings is 1. The number of amides is 2. The van der Waals surface area contributed by atoms with Crippen molar-refractivity contribution in [3.63, 3.8) is 0 Å². The van der Waals surface area contributed by atoms with Crippen LogP contribution >= 0.6 is 11.3 Å². The number of nitrogens with zero attached hydrogens (tertiary/aromatic N) is 3. The molecule has 0 bridgehead atoms. The van der Waals surface area contributed by atoms with Crippen LogP contribution in [0.3, 0.4) is 0 Å². The summed E-state index contributed by atoms with van der Waals surface area (Å²) in [6.45, 7) is 1.44. The first-order valence-corrected chi connectivity index (χ1v) is 11.6. The molecule has 2 heterocycles. The normalized spacial score (nSPS) is 14.6. The Bertz CT molecular complexity index is 1290. The molecule has 13 heteroatoms. The minimum absolute atomic E-state index is 0.0434. The number of hydrogen-bond donors (Lipinski definition) is 3. The molecule has 0 saturated heterocycles. The van der Waals surface area contributed by atoms with Crippen LogP contribution in [0, 0.1) is 11.6 Å². The van der Waals surface area contributed by atoms with Crippen LogP contribution in [-0.2, 0) is 4.79 Å². The first-order valence-electron chi connectivity index (χ1n) is 10.8. The number of nitrogen functional groups attached to an aromatic ring is 1. The second-order valence-corrected chi connectivity index (χ2v) is 9.10. The molecule has 0 aliphatic heterocycles. The fourth-order valence-corrected chi connectivity index (χ4v) is 4.81. The largest absolute Gasteiger partial charge is 0.382 e. The van der Waals surface area contributed by atoms with Gasteiger partial charge in [-0.25, -0.2) is 13.8 Å². The van der Waals surface area contributed by atoms with Gasteiger partial charge in [-0.15, -0.1) is 0 Å². The van der Waals surface area contributed by atoms with Crippen LogP contribution in [0.5, 0.6) is 0 Å². The Hall–Kier alpha value is -3.87. The summed E-state index contributed by atoms with van der Waals surface area (Å²) in [5, 5.41) is 6.58. The lowest BCUT2D eigenvalue weighted by atomic mass is 10.2. The molecule has 2 aromatic heterocycles. The molecule has 0 spiro atoms. The molecule has 1 fully saturated rings. The Kier molecular flexibility index (Phi) is 6.78. The van der Waals surface area contributed by atoms with Crippen molar-refractivity contribution in [1.82, 2.24) is 15.5 Å². The molecule has 3 aromatic rings. The van der Waals surface area contributed by atoms with Crippen molar-refractivity contribution in [2.45, 2.75) is 44.7 Å². The summed E-state index contributed by atoms with van der Waals surface area (Å²) in [4.78, 5) is 42.7. The molecule has 4 rings (SSSR count). The van der Waals surface area contributed by atoms with E-state index in [1.165, 1.54) is 24.0 Å². The van der Waals surface area contributed by atoms with Gasteiger partial charge in [-0.2, -0.15) is 0 Å². The zero-order chi connectivity index (χ0) is 25.3. The van der Waals surface area contributed by atoms with Gasteiger partial charge in [0.05, 0.1) is 0 Å². The summed E-state index contributed by atoms with van der Waals surface area (Å²) in [5.41, 5.74) is 11.4. The lowest BCUT2D eigenvalue weighted by Crippen LogP contribution is -2.40. The summed E-state index contributed by atoms with van der Waals surface area (Å²) in [7, 11) is 0. The Morgan fingerprint density at radius 1 is 1.20 bits per heavy atom. The molecule has 184 valence electrons. The van der Waals surface area contributed by atoms with E-state index in [1.54, 1.807) is 0 Å². The maximum absolute atomic E-state index is 13.9. The van der Waals surface area contributed by atoms with E-state index in [0.717, 1.165) is 49.2 Å². The second kappa shape index (κ2) is 9.78. The third-order valence-corrected chi connectivity index (χ3v) is 6.76. The highest BCUT2D eigenvalue weighted by atomic mass is 32.1. The number of nitrogens with one attached hydrogen (secondary N) is 1. The number of hydrogen-bond acceptors (Lipinski definition) is 9. The number of benzene rings is 1. The van der Waals surface area contributed by atoms with Gasteiger partial charge in [-0.05, 0) is 31.9 Å². The molecular formula is C22H22F2N6O4S. The number of aromatic nitrogens is 2. The monoisotopic (exact) mass is 504 g/mol. The quantitative estimate of drug-likeness (QED) is 0.395. The molecule has 1 atom stereocenters. The number of rotatable bonds is 8. The molecule has 35 heavy (non-hydrogen) atoms. The van der Waals surface area contributed by atoms with E-state index in [9.17, 15) is 23.2 Å². The summed E-state index contributed by atoms with van der Waals surface area (Å²) in [5.74, 6) is -4.54. The van der Waals surface area contributed by atoms with Crippen LogP contribution in [-0.4, -0.2) is 39.8 Å². The average Bonchev–Trinajstić information content (AvgIpc) is 3.57. The van der Waals surface area contributed by atoms with Crippen molar-refractivity contribution in [3.05, 3.63) is 52.2 Å². The first kappa shape index (κ1) is 24.3. The van der Waals surface area contributed by atoms with Crippen LogP contribution in [0.15, 0.2) is 28.8 Å². The van der Waals surface area contributed by atoms with Gasteiger partial charge < -0.3 is 26.2 Å². The van der Waals surface area contributed by atoms with Crippen molar-refractivity contribution < 1.29 is 27.7 Å². The lowest BCUT2D eigenvalue weighted by molar-refractivity contribution is -0.118. The van der Waals surface area contributed by atoms with E-state index >= 15 is 0 Å². The molecule has 1 aromatic carbocycles. The maximum atomic E-state index is 13.9. The topological polar surface area (TPSA) is 157 Å². The number of carbonyl (C=O) groups excluding carboxylic acids is 3. The highest BCUT2D eigenvalue weighted by Crippen LogP contribution is 2.36. The molecule has 2 amide bonds. The van der Waals surface area contributed by atoms with Gasteiger partial charge in [0.2, 0.25) is 17.5 Å². The standard InChI is InChI=1S/C22H22F2N6O4S/c1-10(20(26)32)30(12-6-7-13(23)14(24)8-12)22-28-19(25)18(35-22)17(31)16-9-15(29-34-16)21(33)27-11-4-2-3-5-11/h6-11H,2-5,25H2,1H3,(H2,26,32)(H,27,33)/t10-/m1/s1. The molecule has 1 saturated carbocycles. The number of halogens is 2. The van der Waals surface area contributed by atoms with Crippen molar-refractivity contribution >= 4 is 45.6 Å². The third-order valence-electron chi connectivity index (χ3n) is 5.69. The Morgan fingerprint density at radius 3 is 2.57 bits per heavy atom. The Labute approximate surface area is 202 Å². The zero-order valence-electron chi connectivity index (χ0n) is 18.6. The number of primary amides is 1. The average molecular weight is 505 g/mol. The van der Waals surface area contributed by atoms with Crippen molar-refractivity contribution in [1.29, 1.82) is 0 Å². The predicted molar refractivity (Wildman–Crippen MR) is 123 cm³/mol. The van der Waals surface area contributed by atoms with Gasteiger partial charge in [0.15, 0.2) is 22.5 Å². The van der Waals surface area contributed by atoms with E-state index < -0.39 is 35.3 Å². The molecule has 10 nitrogen and oxygen atoms in total. The minimum Gasteiger partial charge on any atom is -0.382 e. The number of carbonyl (C=O) groups is 3. The number of nitrogens with two attached hydrogens (primary N) is 2. The van der Waals surface area contributed by atoms with E-state index in [2.05, 4.69) is 15.5 Å². The summed E-state index contributed by atoms with van der Waals surface area (Å²) in [6.07, 6.45) is 3.84. The van der Waals surface area contributed by atoms with Gasteiger partial charge in [0.1, 0.15) is 16.7 Å². The van der Waals surface area contributed by atoms with Gasteiger partial charge in [0, 0.05) is 23.9 Å². The molecule has 5 N–H and O–H groups in total.